The quantitative estimate of drug-likeness (QED) is 0.563. The molecule has 1 aromatic carbocycles. The maximum atomic E-state index is 12.5. The van der Waals surface area contributed by atoms with E-state index < -0.39 is 35.5 Å². The predicted molar refractivity (Wildman–Crippen MR) is 98.4 cm³/mol. The standard InChI is InChI=1S/C19H19N3O6/c20-16-15(17(24)21-19(26)22(16)12-5-6-12)13(23)9-28-18(25)11-7-10-3-1-2-4-14(10)27-8-11/h1-4,11-12H,5-9,20H2,(H,21,24,26)/t11-/m0/s1. The van der Waals surface area contributed by atoms with Crippen LogP contribution >= 0.6 is 0 Å². The van der Waals surface area contributed by atoms with Gasteiger partial charge in [0.05, 0.1) is 5.92 Å². The number of Topliss-reactive ketones (excluding diaryl/α,β-unsaturated/α-hetero) is 1. The topological polar surface area (TPSA) is 133 Å². The summed E-state index contributed by atoms with van der Waals surface area (Å²) in [6, 6.07) is 7.27. The second-order valence-corrected chi connectivity index (χ2v) is 6.97. The summed E-state index contributed by atoms with van der Waals surface area (Å²) >= 11 is 0. The van der Waals surface area contributed by atoms with Crippen LogP contribution < -0.4 is 21.7 Å². The molecule has 146 valence electrons. The number of anilines is 1. The monoisotopic (exact) mass is 385 g/mol. The molecule has 0 radical (unpaired) electrons. The smallest absolute Gasteiger partial charge is 0.330 e. The van der Waals surface area contributed by atoms with Crippen molar-refractivity contribution >= 4 is 17.6 Å². The van der Waals surface area contributed by atoms with Gasteiger partial charge in [-0.2, -0.15) is 0 Å². The zero-order chi connectivity index (χ0) is 19.8. The maximum Gasteiger partial charge on any atom is 0.330 e. The van der Waals surface area contributed by atoms with Crippen molar-refractivity contribution < 1.29 is 19.1 Å². The van der Waals surface area contributed by atoms with Gasteiger partial charge in [-0.3, -0.25) is 23.9 Å². The predicted octanol–water partition coefficient (Wildman–Crippen LogP) is 0.431. The number of esters is 1. The Morgan fingerprint density at radius 2 is 2.00 bits per heavy atom. The minimum atomic E-state index is -0.879. The summed E-state index contributed by atoms with van der Waals surface area (Å²) in [5.41, 5.74) is 4.90. The molecule has 2 aromatic rings. The van der Waals surface area contributed by atoms with Gasteiger partial charge < -0.3 is 15.2 Å². The van der Waals surface area contributed by atoms with Gasteiger partial charge in [-0.25, -0.2) is 4.79 Å². The molecule has 1 atom stereocenters. The van der Waals surface area contributed by atoms with Crippen LogP contribution in [0.25, 0.3) is 0 Å². The molecule has 9 nitrogen and oxygen atoms in total. The second-order valence-electron chi connectivity index (χ2n) is 6.97. The lowest BCUT2D eigenvalue weighted by molar-refractivity contribution is -0.148. The molecule has 1 aliphatic carbocycles. The summed E-state index contributed by atoms with van der Waals surface area (Å²) < 4.78 is 11.9. The first-order chi connectivity index (χ1) is 13.5. The van der Waals surface area contributed by atoms with Crippen molar-refractivity contribution in [2.24, 2.45) is 5.92 Å². The third kappa shape index (κ3) is 3.30. The highest BCUT2D eigenvalue weighted by molar-refractivity contribution is 6.01. The van der Waals surface area contributed by atoms with Crippen LogP contribution in [0.1, 0.15) is 34.8 Å². The van der Waals surface area contributed by atoms with E-state index in [1.165, 1.54) is 4.57 Å². The number of nitrogens with one attached hydrogen (secondary N) is 1. The van der Waals surface area contributed by atoms with Crippen molar-refractivity contribution in [1.82, 2.24) is 9.55 Å². The van der Waals surface area contributed by atoms with E-state index >= 15 is 0 Å². The Balaban J connectivity index is 1.45. The molecule has 1 fully saturated rings. The Morgan fingerprint density at radius 1 is 1.25 bits per heavy atom. The SMILES string of the molecule is Nc1c(C(=O)COC(=O)[C@@H]2COc3ccccc3C2)c(=O)[nH]c(=O)n1C1CC1. The van der Waals surface area contributed by atoms with Crippen LogP contribution in [-0.2, 0) is 16.0 Å². The first-order valence-electron chi connectivity index (χ1n) is 9.00. The molecular formula is C19H19N3O6. The fraction of sp³-hybridized carbons (Fsp3) is 0.368. The number of ether oxygens (including phenoxy) is 2. The average Bonchev–Trinajstić information content (AvgIpc) is 3.50. The molecule has 0 bridgehead atoms. The van der Waals surface area contributed by atoms with E-state index in [2.05, 4.69) is 4.98 Å². The van der Waals surface area contributed by atoms with Crippen molar-refractivity contribution in [3.63, 3.8) is 0 Å². The normalized spacial score (nSPS) is 18.1. The number of nitrogens with zero attached hydrogens (tertiary/aromatic N) is 1. The Bertz CT molecular complexity index is 1070. The Morgan fingerprint density at radius 3 is 2.75 bits per heavy atom. The van der Waals surface area contributed by atoms with E-state index in [9.17, 15) is 19.2 Å². The van der Waals surface area contributed by atoms with Crippen LogP contribution in [0.2, 0.25) is 0 Å². The number of carbonyl (C=O) groups is 2. The van der Waals surface area contributed by atoms with Gasteiger partial charge in [0.2, 0.25) is 5.78 Å². The molecule has 1 aliphatic heterocycles. The molecule has 4 rings (SSSR count). The van der Waals surface area contributed by atoms with Crippen LogP contribution in [0.3, 0.4) is 0 Å². The number of H-pyrrole nitrogens is 1. The number of hydrogen-bond donors (Lipinski definition) is 2. The van der Waals surface area contributed by atoms with Gasteiger partial charge in [0, 0.05) is 6.04 Å². The zero-order valence-corrected chi connectivity index (χ0v) is 15.0. The number of ketones is 1. The molecule has 0 unspecified atom stereocenters. The van der Waals surface area contributed by atoms with Crippen LogP contribution in [0.15, 0.2) is 33.9 Å². The molecule has 0 saturated heterocycles. The molecule has 0 spiro atoms. The molecule has 3 N–H and O–H groups in total. The van der Waals surface area contributed by atoms with E-state index in [0.717, 1.165) is 24.2 Å². The number of benzene rings is 1. The number of rotatable bonds is 5. The van der Waals surface area contributed by atoms with Crippen molar-refractivity contribution in [2.45, 2.75) is 25.3 Å². The summed E-state index contributed by atoms with van der Waals surface area (Å²) in [7, 11) is 0. The summed E-state index contributed by atoms with van der Waals surface area (Å²) in [6.45, 7) is -0.480. The van der Waals surface area contributed by atoms with Crippen molar-refractivity contribution in [2.75, 3.05) is 18.9 Å². The van der Waals surface area contributed by atoms with Gasteiger partial charge in [-0.1, -0.05) is 18.2 Å². The van der Waals surface area contributed by atoms with Gasteiger partial charge in [0.1, 0.15) is 23.7 Å². The average molecular weight is 385 g/mol. The lowest BCUT2D eigenvalue weighted by Crippen LogP contribution is -2.37. The number of carbonyl (C=O) groups excluding carboxylic acids is 2. The number of aromatic nitrogens is 2. The van der Waals surface area contributed by atoms with Crippen LogP contribution in [0, 0.1) is 5.92 Å². The minimum absolute atomic E-state index is 0.113. The number of nitrogens with two attached hydrogens (primary N) is 1. The maximum absolute atomic E-state index is 12.5. The van der Waals surface area contributed by atoms with Gasteiger partial charge in [-0.05, 0) is 30.9 Å². The van der Waals surface area contributed by atoms with Crippen molar-refractivity contribution in [3.05, 3.63) is 56.2 Å². The molecule has 1 saturated carbocycles. The first kappa shape index (κ1) is 18.0. The first-order valence-corrected chi connectivity index (χ1v) is 9.00. The molecule has 1 aromatic heterocycles. The van der Waals surface area contributed by atoms with Gasteiger partial charge in [-0.15, -0.1) is 0 Å². The molecular weight excluding hydrogens is 366 g/mol. The number of hydrogen-bond acceptors (Lipinski definition) is 7. The van der Waals surface area contributed by atoms with Gasteiger partial charge >= 0.3 is 11.7 Å². The third-order valence-corrected chi connectivity index (χ3v) is 4.93. The molecule has 28 heavy (non-hydrogen) atoms. The zero-order valence-electron chi connectivity index (χ0n) is 15.0. The summed E-state index contributed by atoms with van der Waals surface area (Å²) in [5.74, 6) is -1.35. The van der Waals surface area contributed by atoms with Crippen molar-refractivity contribution in [1.29, 1.82) is 0 Å². The highest BCUT2D eigenvalue weighted by atomic mass is 16.5. The van der Waals surface area contributed by atoms with E-state index in [0.29, 0.717) is 6.42 Å². The Kier molecular flexibility index (Phi) is 4.50. The molecule has 2 aliphatic rings. The van der Waals surface area contributed by atoms with Crippen molar-refractivity contribution in [3.8, 4) is 5.75 Å². The lowest BCUT2D eigenvalue weighted by atomic mass is 9.97. The minimum Gasteiger partial charge on any atom is -0.492 e. The highest BCUT2D eigenvalue weighted by Crippen LogP contribution is 2.35. The largest absolute Gasteiger partial charge is 0.492 e. The summed E-state index contributed by atoms with van der Waals surface area (Å²) in [5, 5.41) is 0. The Labute approximate surface area is 159 Å². The number of para-hydroxylation sites is 1. The fourth-order valence-corrected chi connectivity index (χ4v) is 3.34. The van der Waals surface area contributed by atoms with E-state index in [-0.39, 0.29) is 24.0 Å². The molecule has 9 heteroatoms. The van der Waals surface area contributed by atoms with E-state index in [1.54, 1.807) is 0 Å². The number of fused-ring (bicyclic) bond motifs is 1. The fourth-order valence-electron chi connectivity index (χ4n) is 3.34. The van der Waals surface area contributed by atoms with Crippen LogP contribution in [-0.4, -0.2) is 34.5 Å². The van der Waals surface area contributed by atoms with E-state index in [1.807, 2.05) is 24.3 Å². The van der Waals surface area contributed by atoms with Crippen LogP contribution in [0.5, 0.6) is 5.75 Å². The van der Waals surface area contributed by atoms with Crippen LogP contribution in [0.4, 0.5) is 5.82 Å². The highest BCUT2D eigenvalue weighted by Gasteiger charge is 2.31. The number of nitrogen functional groups attached to an aromatic ring is 1. The molecule has 2 heterocycles. The molecule has 0 amide bonds. The number of aromatic amines is 1. The second kappa shape index (κ2) is 6.99. The lowest BCUT2D eigenvalue weighted by Gasteiger charge is -2.23. The van der Waals surface area contributed by atoms with Gasteiger partial charge in [0.15, 0.2) is 6.61 Å². The van der Waals surface area contributed by atoms with E-state index in [4.69, 9.17) is 15.2 Å². The van der Waals surface area contributed by atoms with Gasteiger partial charge in [0.25, 0.3) is 5.56 Å². The summed E-state index contributed by atoms with van der Waals surface area (Å²) in [6.07, 6.45) is 1.95. The third-order valence-electron chi connectivity index (χ3n) is 4.93. The summed E-state index contributed by atoms with van der Waals surface area (Å²) in [4.78, 5) is 50.8. The Hall–Kier alpha value is -3.36.